The summed E-state index contributed by atoms with van der Waals surface area (Å²) in [5, 5.41) is 8.98. The van der Waals surface area contributed by atoms with E-state index in [0.717, 1.165) is 6.07 Å². The molecule has 34 heavy (non-hydrogen) atoms. The molecule has 1 aliphatic heterocycles. The molecule has 8 nitrogen and oxygen atoms in total. The minimum atomic E-state index is -1.78. The number of carboxylic acid groups (broad SMARTS) is 1. The molecule has 3 aromatic rings. The molecule has 1 aliphatic rings. The fraction of sp³-hybridized carbons (Fsp3) is 0.0435. The van der Waals surface area contributed by atoms with Gasteiger partial charge in [-0.2, -0.15) is 0 Å². The van der Waals surface area contributed by atoms with E-state index in [-0.39, 0.29) is 21.1 Å². The number of nitrogens with zero attached hydrogens (tertiary/aromatic N) is 2. The number of halogens is 2. The number of aromatic nitrogens is 1. The first-order valence-electron chi connectivity index (χ1n) is 9.54. The van der Waals surface area contributed by atoms with E-state index in [4.69, 9.17) is 22.4 Å². The van der Waals surface area contributed by atoms with Crippen molar-refractivity contribution in [2.24, 2.45) is 5.73 Å². The molecule has 1 amide bonds. The summed E-state index contributed by atoms with van der Waals surface area (Å²) in [4.78, 5) is 37.9. The number of allylic oxidation sites excluding steroid dienone is 1. The van der Waals surface area contributed by atoms with Crippen molar-refractivity contribution in [3.05, 3.63) is 98.9 Å². The first kappa shape index (κ1) is 24.7. The van der Waals surface area contributed by atoms with E-state index in [2.05, 4.69) is 4.98 Å². The molecule has 0 fully saturated rings. The number of hydrogen-bond acceptors (Lipinski definition) is 5. The Morgan fingerprint density at radius 2 is 1.79 bits per heavy atom. The molecular weight excluding hydrogens is 485 g/mol. The Morgan fingerprint density at radius 3 is 2.35 bits per heavy atom. The molecule has 1 aromatic heterocycles. The van der Waals surface area contributed by atoms with Gasteiger partial charge in [0.2, 0.25) is 11.7 Å². The van der Waals surface area contributed by atoms with Crippen LogP contribution in [0.5, 0.6) is 0 Å². The van der Waals surface area contributed by atoms with Crippen molar-refractivity contribution in [3.63, 3.8) is 0 Å². The third-order valence-electron chi connectivity index (χ3n) is 4.69. The highest BCUT2D eigenvalue weighted by Crippen LogP contribution is 2.33. The van der Waals surface area contributed by atoms with Crippen molar-refractivity contribution >= 4 is 52.0 Å². The molecule has 0 saturated carbocycles. The third-order valence-corrected chi connectivity index (χ3v) is 6.36. The lowest BCUT2D eigenvalue weighted by Gasteiger charge is -2.27. The number of aromatic carboxylic acids is 1. The number of ketones is 1. The topological polar surface area (TPSA) is 131 Å². The highest BCUT2D eigenvalue weighted by atomic mass is 35.5. The fourth-order valence-corrected chi connectivity index (χ4v) is 4.29. The van der Waals surface area contributed by atoms with Gasteiger partial charge in [-0.15, -0.1) is 0 Å². The number of pyridine rings is 1. The van der Waals surface area contributed by atoms with E-state index >= 15 is 0 Å². The molecule has 0 radical (unpaired) electrons. The molecule has 4 rings (SSSR count). The Labute approximate surface area is 201 Å². The quantitative estimate of drug-likeness (QED) is 0.526. The summed E-state index contributed by atoms with van der Waals surface area (Å²) in [7, 11) is -0.248. The normalized spacial score (nSPS) is 15.9. The number of fused-ring (bicyclic) bond motifs is 1. The zero-order chi connectivity index (χ0) is 25.0. The van der Waals surface area contributed by atoms with Crippen LogP contribution in [-0.4, -0.2) is 39.0 Å². The van der Waals surface area contributed by atoms with Crippen LogP contribution in [0.25, 0.3) is 6.08 Å². The van der Waals surface area contributed by atoms with Crippen LogP contribution >= 0.6 is 11.6 Å². The number of carbonyl (C=O) groups excluding carboxylic acids is 2. The van der Waals surface area contributed by atoms with Crippen molar-refractivity contribution in [1.82, 2.24) is 4.98 Å². The van der Waals surface area contributed by atoms with E-state index in [0.29, 0.717) is 16.8 Å². The van der Waals surface area contributed by atoms with Crippen LogP contribution in [0.1, 0.15) is 36.6 Å². The lowest BCUT2D eigenvalue weighted by atomic mass is 10.0. The zero-order valence-corrected chi connectivity index (χ0v) is 19.1. The number of hydrogen-bond donors (Lipinski definition) is 2. The first-order chi connectivity index (χ1) is 16.1. The van der Waals surface area contributed by atoms with Gasteiger partial charge in [-0.05, 0) is 54.1 Å². The smallest absolute Gasteiger partial charge is 0.335 e. The van der Waals surface area contributed by atoms with Crippen molar-refractivity contribution in [2.75, 3.05) is 11.4 Å². The molecule has 174 valence electrons. The maximum atomic E-state index is 13.3. The van der Waals surface area contributed by atoms with E-state index in [1.54, 1.807) is 12.1 Å². The monoisotopic (exact) mass is 501 g/mol. The molecule has 0 aliphatic carbocycles. The maximum Gasteiger partial charge on any atom is 0.335 e. The van der Waals surface area contributed by atoms with Gasteiger partial charge in [0.1, 0.15) is 10.7 Å². The van der Waals surface area contributed by atoms with Gasteiger partial charge in [-0.1, -0.05) is 17.7 Å². The zero-order valence-electron chi connectivity index (χ0n) is 17.6. The Kier molecular flexibility index (Phi) is 7.54. The highest BCUT2D eigenvalue weighted by molar-refractivity contribution is 7.91. The van der Waals surface area contributed by atoms with Gasteiger partial charge in [0.05, 0.1) is 16.3 Å². The van der Waals surface area contributed by atoms with Gasteiger partial charge < -0.3 is 10.8 Å². The number of anilines is 1. The first-order valence-corrected chi connectivity index (χ1v) is 11.0. The van der Waals surface area contributed by atoms with Crippen LogP contribution < -0.4 is 10.0 Å². The van der Waals surface area contributed by atoms with Crippen molar-refractivity contribution in [2.45, 2.75) is 0 Å². The van der Waals surface area contributed by atoms with Crippen LogP contribution in [0.4, 0.5) is 10.1 Å². The minimum absolute atomic E-state index is 0.0415. The summed E-state index contributed by atoms with van der Waals surface area (Å²) in [6, 6.07) is 11.0. The fourth-order valence-electron chi connectivity index (χ4n) is 2.96. The van der Waals surface area contributed by atoms with Crippen LogP contribution in [0.15, 0.2) is 65.8 Å². The Morgan fingerprint density at radius 1 is 1.12 bits per heavy atom. The predicted molar refractivity (Wildman–Crippen MR) is 126 cm³/mol. The summed E-state index contributed by atoms with van der Waals surface area (Å²) in [6.45, 7) is 0. The second-order valence-electron chi connectivity index (χ2n) is 6.90. The number of Topliss-reactive ketones (excluding diaryl/α,β-unsaturated/α-hetero) is 1. The van der Waals surface area contributed by atoms with Gasteiger partial charge >= 0.3 is 5.97 Å². The average Bonchev–Trinajstić information content (AvgIpc) is 2.83. The molecule has 1 atom stereocenters. The van der Waals surface area contributed by atoms with Crippen molar-refractivity contribution in [3.8, 4) is 0 Å². The molecule has 0 spiro atoms. The van der Waals surface area contributed by atoms with Gasteiger partial charge in [0.25, 0.3) is 0 Å². The lowest BCUT2D eigenvalue weighted by Crippen LogP contribution is -2.31. The van der Waals surface area contributed by atoms with Crippen LogP contribution in [0.2, 0.25) is 5.02 Å². The summed E-state index contributed by atoms with van der Waals surface area (Å²) >= 11 is 5.73. The summed E-state index contributed by atoms with van der Waals surface area (Å²) in [6.07, 6.45) is 4.41. The number of benzene rings is 2. The van der Waals surface area contributed by atoms with Gasteiger partial charge in [-0.25, -0.2) is 13.4 Å². The predicted octanol–water partition coefficient (Wildman–Crippen LogP) is 3.70. The number of amides is 1. The summed E-state index contributed by atoms with van der Waals surface area (Å²) in [5.41, 5.74) is 6.32. The number of nitrogens with two attached hydrogens (primary N) is 1. The van der Waals surface area contributed by atoms with Crippen LogP contribution in [0.3, 0.4) is 0 Å². The number of rotatable bonds is 3. The number of carboxylic acids is 1. The van der Waals surface area contributed by atoms with Gasteiger partial charge in [0, 0.05) is 30.6 Å². The summed E-state index contributed by atoms with van der Waals surface area (Å²) < 4.78 is 27.2. The summed E-state index contributed by atoms with van der Waals surface area (Å²) in [5.74, 6) is -2.73. The van der Waals surface area contributed by atoms with Gasteiger partial charge in [0.15, 0.2) is 11.0 Å². The Balaban J connectivity index is 0.000000302. The minimum Gasteiger partial charge on any atom is -0.478 e. The second kappa shape index (κ2) is 10.4. The average molecular weight is 502 g/mol. The molecule has 1 unspecified atom stereocenters. The number of carbonyl (C=O) groups is 3. The lowest BCUT2D eigenvalue weighted by molar-refractivity contribution is 0.0696. The molecule has 3 N–H and O–H groups in total. The molecule has 0 saturated heterocycles. The van der Waals surface area contributed by atoms with Crippen molar-refractivity contribution in [1.29, 1.82) is 0 Å². The standard InChI is InChI=1S/C17H11ClFNO4S.C6H6N2O/c1-20-14-5-3-10(17(22)23)8-11(14)16(21)15(25(20)24)7-9-2-4-13(19)12(18)6-9;7-6(9)5-1-3-8-4-2-5/h2-8H,1H3,(H,22,23);1-4H,(H2,7,9)/b15-7+;. The van der Waals surface area contributed by atoms with Crippen LogP contribution in [-0.2, 0) is 11.0 Å². The molecule has 11 heteroatoms. The Hall–Kier alpha value is -3.89. The second-order valence-corrected chi connectivity index (χ2v) is 8.79. The third kappa shape index (κ3) is 5.36. The molecule has 0 bridgehead atoms. The maximum absolute atomic E-state index is 13.3. The largest absolute Gasteiger partial charge is 0.478 e. The molecular formula is C23H17ClFN3O5S. The van der Waals surface area contributed by atoms with E-state index < -0.39 is 34.5 Å². The molecule has 2 heterocycles. The Bertz CT molecular complexity index is 1350. The van der Waals surface area contributed by atoms with E-state index in [1.807, 2.05) is 0 Å². The van der Waals surface area contributed by atoms with E-state index in [1.165, 1.54) is 60.2 Å². The SMILES string of the molecule is CN1c2ccc(C(=O)O)cc2C(=O)/C(=C\c2ccc(F)c(Cl)c2)S1=O.NC(=O)c1ccncc1. The molecule has 2 aromatic carbocycles. The number of primary amides is 1. The van der Waals surface area contributed by atoms with Crippen molar-refractivity contribution < 1.29 is 28.1 Å². The van der Waals surface area contributed by atoms with Crippen LogP contribution in [0, 0.1) is 5.82 Å². The van der Waals surface area contributed by atoms with E-state index in [9.17, 15) is 23.0 Å². The highest BCUT2D eigenvalue weighted by Gasteiger charge is 2.32. The van der Waals surface area contributed by atoms with Gasteiger partial charge in [-0.3, -0.25) is 18.9 Å².